The van der Waals surface area contributed by atoms with E-state index in [0.29, 0.717) is 17.5 Å². The second-order valence-corrected chi connectivity index (χ2v) is 7.96. The minimum absolute atomic E-state index is 0.210. The summed E-state index contributed by atoms with van der Waals surface area (Å²) in [7, 11) is 0. The highest BCUT2D eigenvalue weighted by atomic mass is 19.1. The molecule has 1 aromatic heterocycles. The molecular formula is C25H28FN3. The maximum absolute atomic E-state index is 13.2. The van der Waals surface area contributed by atoms with Gasteiger partial charge >= 0.3 is 0 Å². The zero-order valence-electron chi connectivity index (χ0n) is 17.3. The molecule has 0 aliphatic carbocycles. The summed E-state index contributed by atoms with van der Waals surface area (Å²) in [6.45, 7) is 9.05. The van der Waals surface area contributed by atoms with Gasteiger partial charge in [0.2, 0.25) is 0 Å². The minimum atomic E-state index is -0.210. The number of rotatable bonds is 8. The van der Waals surface area contributed by atoms with Gasteiger partial charge in [-0.15, -0.1) is 0 Å². The van der Waals surface area contributed by atoms with Crippen molar-refractivity contribution in [3.63, 3.8) is 0 Å². The Labute approximate surface area is 173 Å². The normalized spacial score (nSPS) is 12.3. The lowest BCUT2D eigenvalue weighted by Crippen LogP contribution is -2.36. The fourth-order valence-corrected chi connectivity index (χ4v) is 3.48. The highest BCUT2D eigenvalue weighted by Gasteiger charge is 2.19. The van der Waals surface area contributed by atoms with E-state index in [1.807, 2.05) is 30.3 Å². The van der Waals surface area contributed by atoms with Crippen molar-refractivity contribution in [3.8, 4) is 6.07 Å². The molecule has 2 aromatic carbocycles. The summed E-state index contributed by atoms with van der Waals surface area (Å²) in [6, 6.07) is 21.3. The van der Waals surface area contributed by atoms with E-state index in [4.69, 9.17) is 0 Å². The van der Waals surface area contributed by atoms with Crippen molar-refractivity contribution in [1.29, 1.82) is 5.26 Å². The Hall–Kier alpha value is -2.90. The van der Waals surface area contributed by atoms with Crippen LogP contribution in [0.1, 0.15) is 43.2 Å². The van der Waals surface area contributed by atoms with Gasteiger partial charge in [0.1, 0.15) is 5.82 Å². The van der Waals surface area contributed by atoms with Gasteiger partial charge in [-0.2, -0.15) is 5.26 Å². The minimum Gasteiger partial charge on any atom is -0.346 e. The molecule has 150 valence electrons. The quantitative estimate of drug-likeness (QED) is 0.503. The molecule has 3 aromatic rings. The molecule has 0 saturated heterocycles. The van der Waals surface area contributed by atoms with Crippen LogP contribution in [0.3, 0.4) is 0 Å². The Bertz CT molecular complexity index is 966. The Balaban J connectivity index is 1.80. The molecule has 0 radical (unpaired) electrons. The third-order valence-electron chi connectivity index (χ3n) is 5.54. The number of aromatic nitrogens is 1. The average molecular weight is 390 g/mol. The van der Waals surface area contributed by atoms with E-state index in [2.05, 4.69) is 60.7 Å². The van der Waals surface area contributed by atoms with Crippen molar-refractivity contribution in [3.05, 3.63) is 95.1 Å². The maximum Gasteiger partial charge on any atom is 0.123 e. The van der Waals surface area contributed by atoms with Gasteiger partial charge in [-0.1, -0.05) is 38.1 Å². The van der Waals surface area contributed by atoms with E-state index in [1.54, 1.807) is 0 Å². The van der Waals surface area contributed by atoms with Crippen LogP contribution in [0.15, 0.2) is 66.9 Å². The first-order chi connectivity index (χ1) is 14.0. The van der Waals surface area contributed by atoms with Crippen LogP contribution in [0.25, 0.3) is 0 Å². The van der Waals surface area contributed by atoms with Gasteiger partial charge in [0, 0.05) is 37.6 Å². The summed E-state index contributed by atoms with van der Waals surface area (Å²) < 4.78 is 15.4. The van der Waals surface area contributed by atoms with E-state index < -0.39 is 0 Å². The first-order valence-corrected chi connectivity index (χ1v) is 10.1. The Kier molecular flexibility index (Phi) is 6.85. The van der Waals surface area contributed by atoms with E-state index in [-0.39, 0.29) is 5.82 Å². The molecule has 0 aliphatic heterocycles. The van der Waals surface area contributed by atoms with E-state index in [9.17, 15) is 9.65 Å². The number of hydrogen-bond donors (Lipinski definition) is 0. The van der Waals surface area contributed by atoms with Crippen molar-refractivity contribution in [1.82, 2.24) is 9.47 Å². The first-order valence-electron chi connectivity index (χ1n) is 10.1. The maximum atomic E-state index is 13.2. The molecule has 0 saturated carbocycles. The molecule has 0 spiro atoms. The van der Waals surface area contributed by atoms with Crippen molar-refractivity contribution < 1.29 is 4.39 Å². The number of nitriles is 1. The number of hydrogen-bond acceptors (Lipinski definition) is 2. The van der Waals surface area contributed by atoms with Crippen LogP contribution in [-0.4, -0.2) is 15.5 Å². The van der Waals surface area contributed by atoms with Crippen LogP contribution >= 0.6 is 0 Å². The Morgan fingerprint density at radius 3 is 2.41 bits per heavy atom. The first kappa shape index (κ1) is 20.8. The SMILES string of the molecule is CC(C)[C@H](C)N(Cc1cccc(C#N)c1)Cc1cccn1Cc1ccc(F)cc1. The van der Waals surface area contributed by atoms with Crippen LogP contribution < -0.4 is 0 Å². The summed E-state index contributed by atoms with van der Waals surface area (Å²) >= 11 is 0. The molecule has 1 atom stereocenters. The topological polar surface area (TPSA) is 32.0 Å². The molecule has 0 bridgehead atoms. The molecule has 0 fully saturated rings. The van der Waals surface area contributed by atoms with Gasteiger partial charge < -0.3 is 4.57 Å². The molecule has 0 unspecified atom stereocenters. The van der Waals surface area contributed by atoms with Crippen LogP contribution in [0, 0.1) is 23.1 Å². The molecule has 1 heterocycles. The summed E-state index contributed by atoms with van der Waals surface area (Å²) in [4.78, 5) is 2.46. The molecule has 3 nitrogen and oxygen atoms in total. The Morgan fingerprint density at radius 1 is 0.966 bits per heavy atom. The van der Waals surface area contributed by atoms with Gasteiger partial charge in [0.15, 0.2) is 0 Å². The molecule has 3 rings (SSSR count). The van der Waals surface area contributed by atoms with Gasteiger partial charge in [0.25, 0.3) is 0 Å². The lowest BCUT2D eigenvalue weighted by molar-refractivity contribution is 0.148. The molecule has 0 amide bonds. The summed E-state index contributed by atoms with van der Waals surface area (Å²) in [5, 5.41) is 9.20. The highest BCUT2D eigenvalue weighted by molar-refractivity contribution is 5.32. The van der Waals surface area contributed by atoms with Gasteiger partial charge in [-0.05, 0) is 60.4 Å². The van der Waals surface area contributed by atoms with Crippen LogP contribution in [0.2, 0.25) is 0 Å². The van der Waals surface area contributed by atoms with Crippen molar-refractivity contribution in [2.24, 2.45) is 5.92 Å². The average Bonchev–Trinajstić information content (AvgIpc) is 3.15. The van der Waals surface area contributed by atoms with Crippen LogP contribution in [-0.2, 0) is 19.6 Å². The van der Waals surface area contributed by atoms with E-state index in [1.165, 1.54) is 17.8 Å². The number of nitrogens with zero attached hydrogens (tertiary/aromatic N) is 3. The standard InChI is InChI=1S/C25H28FN3/c1-19(2)20(3)29(17-23-7-4-6-22(14-23)15-27)18-25-8-5-13-28(25)16-21-9-11-24(26)12-10-21/h4-14,19-20H,16-18H2,1-3H3/t20-/m0/s1. The van der Waals surface area contributed by atoms with Crippen molar-refractivity contribution in [2.75, 3.05) is 0 Å². The predicted octanol–water partition coefficient (Wildman–Crippen LogP) is 5.59. The number of benzene rings is 2. The van der Waals surface area contributed by atoms with Gasteiger partial charge in [-0.3, -0.25) is 4.90 Å². The second kappa shape index (κ2) is 9.54. The van der Waals surface area contributed by atoms with Crippen LogP contribution in [0.4, 0.5) is 4.39 Å². The summed E-state index contributed by atoms with van der Waals surface area (Å²) in [5.74, 6) is 0.299. The molecule has 0 aliphatic rings. The van der Waals surface area contributed by atoms with Crippen molar-refractivity contribution in [2.45, 2.75) is 46.4 Å². The number of halogens is 1. The lowest BCUT2D eigenvalue weighted by Gasteiger charge is -2.32. The Morgan fingerprint density at radius 2 is 1.72 bits per heavy atom. The van der Waals surface area contributed by atoms with Gasteiger partial charge in [-0.25, -0.2) is 4.39 Å². The molecule has 4 heteroatoms. The predicted molar refractivity (Wildman–Crippen MR) is 115 cm³/mol. The smallest absolute Gasteiger partial charge is 0.123 e. The zero-order chi connectivity index (χ0) is 20.8. The summed E-state index contributed by atoms with van der Waals surface area (Å²) in [6.07, 6.45) is 2.08. The molecule has 0 N–H and O–H groups in total. The van der Waals surface area contributed by atoms with Gasteiger partial charge in [0.05, 0.1) is 11.6 Å². The highest BCUT2D eigenvalue weighted by Crippen LogP contribution is 2.20. The monoisotopic (exact) mass is 389 g/mol. The second-order valence-electron chi connectivity index (χ2n) is 7.96. The molecular weight excluding hydrogens is 361 g/mol. The van der Waals surface area contributed by atoms with Crippen LogP contribution in [0.5, 0.6) is 0 Å². The molecule has 29 heavy (non-hydrogen) atoms. The van der Waals surface area contributed by atoms with E-state index >= 15 is 0 Å². The fraction of sp³-hybridized carbons (Fsp3) is 0.320. The van der Waals surface area contributed by atoms with Crippen molar-refractivity contribution >= 4 is 0 Å². The summed E-state index contributed by atoms with van der Waals surface area (Å²) in [5.41, 5.74) is 4.14. The third kappa shape index (κ3) is 5.56. The third-order valence-corrected chi connectivity index (χ3v) is 5.54. The zero-order valence-corrected chi connectivity index (χ0v) is 17.3. The lowest BCUT2D eigenvalue weighted by atomic mass is 10.0. The van der Waals surface area contributed by atoms with E-state index in [0.717, 1.165) is 30.8 Å². The fourth-order valence-electron chi connectivity index (χ4n) is 3.48. The largest absolute Gasteiger partial charge is 0.346 e.